The number of nitrogens with zero attached hydrogens (tertiary/aromatic N) is 2. The van der Waals surface area contributed by atoms with Gasteiger partial charge in [-0.25, -0.2) is 0 Å². The fourth-order valence-corrected chi connectivity index (χ4v) is 2.53. The van der Waals surface area contributed by atoms with Crippen LogP contribution in [0.15, 0.2) is 18.2 Å². The first-order valence-corrected chi connectivity index (χ1v) is 6.91. The summed E-state index contributed by atoms with van der Waals surface area (Å²) in [4.78, 5) is 15.9. The lowest BCUT2D eigenvalue weighted by Gasteiger charge is -2.25. The zero-order valence-corrected chi connectivity index (χ0v) is 12.2. The Kier molecular flexibility index (Phi) is 4.66. The van der Waals surface area contributed by atoms with Crippen molar-refractivity contribution < 1.29 is 4.79 Å². The van der Waals surface area contributed by atoms with Gasteiger partial charge in [-0.15, -0.1) is 0 Å². The van der Waals surface area contributed by atoms with Gasteiger partial charge in [0, 0.05) is 37.4 Å². The smallest absolute Gasteiger partial charge is 0.241 e. The van der Waals surface area contributed by atoms with Gasteiger partial charge < -0.3 is 15.1 Å². The summed E-state index contributed by atoms with van der Waals surface area (Å²) in [5.41, 5.74) is 2.23. The second-order valence-electron chi connectivity index (χ2n) is 4.89. The number of likely N-dealkylation sites (N-methyl/N-ethyl adjacent to an activating group) is 1. The van der Waals surface area contributed by atoms with E-state index in [1.807, 2.05) is 32.3 Å². The van der Waals surface area contributed by atoms with E-state index < -0.39 is 0 Å². The molecule has 0 atom stereocenters. The van der Waals surface area contributed by atoms with Crippen molar-refractivity contribution in [2.45, 2.75) is 13.0 Å². The maximum absolute atomic E-state index is 12.0. The summed E-state index contributed by atoms with van der Waals surface area (Å²) in [6.07, 6.45) is 0.980. The molecule has 1 aromatic rings. The van der Waals surface area contributed by atoms with Crippen LogP contribution in [0.5, 0.6) is 0 Å². The minimum atomic E-state index is 0.160. The quantitative estimate of drug-likeness (QED) is 0.917. The second kappa shape index (κ2) is 6.26. The van der Waals surface area contributed by atoms with Crippen LogP contribution in [0.4, 0.5) is 5.69 Å². The van der Waals surface area contributed by atoms with E-state index in [-0.39, 0.29) is 5.91 Å². The van der Waals surface area contributed by atoms with Gasteiger partial charge >= 0.3 is 0 Å². The molecule has 19 heavy (non-hydrogen) atoms. The Morgan fingerprint density at radius 3 is 2.89 bits per heavy atom. The van der Waals surface area contributed by atoms with Crippen molar-refractivity contribution in [3.63, 3.8) is 0 Å². The predicted molar refractivity (Wildman–Crippen MR) is 78.7 cm³/mol. The third-order valence-corrected chi connectivity index (χ3v) is 3.66. The monoisotopic (exact) mass is 281 g/mol. The van der Waals surface area contributed by atoms with Crippen LogP contribution < -0.4 is 10.2 Å². The lowest BCUT2D eigenvalue weighted by molar-refractivity contribution is -0.127. The number of carbonyl (C=O) groups excluding carboxylic acids is 1. The number of anilines is 1. The van der Waals surface area contributed by atoms with Gasteiger partial charge in [0.15, 0.2) is 0 Å². The zero-order valence-electron chi connectivity index (χ0n) is 11.4. The first kappa shape index (κ1) is 14.2. The van der Waals surface area contributed by atoms with Crippen LogP contribution >= 0.6 is 11.6 Å². The minimum Gasteiger partial charge on any atom is -0.362 e. The van der Waals surface area contributed by atoms with Gasteiger partial charge in [-0.2, -0.15) is 0 Å². The summed E-state index contributed by atoms with van der Waals surface area (Å²) in [6, 6.07) is 5.86. The van der Waals surface area contributed by atoms with Crippen LogP contribution in [0.3, 0.4) is 0 Å². The van der Waals surface area contributed by atoms with Gasteiger partial charge in [-0.1, -0.05) is 17.7 Å². The van der Waals surface area contributed by atoms with Crippen LogP contribution in [0.2, 0.25) is 5.02 Å². The van der Waals surface area contributed by atoms with E-state index in [4.69, 9.17) is 11.6 Å². The summed E-state index contributed by atoms with van der Waals surface area (Å²) >= 11 is 6.10. The van der Waals surface area contributed by atoms with E-state index in [9.17, 15) is 4.79 Å². The Hall–Kier alpha value is -1.26. The lowest BCUT2D eigenvalue weighted by Crippen LogP contribution is -2.35. The molecule has 0 radical (unpaired) electrons. The number of amides is 1. The van der Waals surface area contributed by atoms with E-state index in [0.29, 0.717) is 11.6 Å². The molecule has 5 heteroatoms. The standard InChI is InChI=1S/C14H20ClN3O/c1-16-9-11-4-5-12(15)8-13(11)18-7-3-6-17(2)14(19)10-18/h4-5,8,16H,3,6-7,9-10H2,1-2H3. The molecule has 1 N–H and O–H groups in total. The SMILES string of the molecule is CNCc1ccc(Cl)cc1N1CCCN(C)C(=O)C1. The van der Waals surface area contributed by atoms with Gasteiger partial charge in [0.05, 0.1) is 6.54 Å². The van der Waals surface area contributed by atoms with Crippen molar-refractivity contribution in [2.24, 2.45) is 0 Å². The maximum Gasteiger partial charge on any atom is 0.241 e. The minimum absolute atomic E-state index is 0.160. The molecule has 1 aliphatic heterocycles. The Morgan fingerprint density at radius 1 is 1.37 bits per heavy atom. The number of hydrogen-bond donors (Lipinski definition) is 1. The Morgan fingerprint density at radius 2 is 2.16 bits per heavy atom. The van der Waals surface area contributed by atoms with Gasteiger partial charge in [0.1, 0.15) is 0 Å². The molecule has 0 unspecified atom stereocenters. The van der Waals surface area contributed by atoms with Crippen LogP contribution in [-0.4, -0.2) is 44.5 Å². The van der Waals surface area contributed by atoms with E-state index in [1.54, 1.807) is 4.90 Å². The van der Waals surface area contributed by atoms with Crippen molar-refractivity contribution in [3.05, 3.63) is 28.8 Å². The number of nitrogens with one attached hydrogen (secondary N) is 1. The van der Waals surface area contributed by atoms with Crippen molar-refractivity contribution in [1.82, 2.24) is 10.2 Å². The molecule has 0 aliphatic carbocycles. The molecule has 1 fully saturated rings. The van der Waals surface area contributed by atoms with Crippen molar-refractivity contribution in [1.29, 1.82) is 0 Å². The average molecular weight is 282 g/mol. The largest absolute Gasteiger partial charge is 0.362 e. The molecular formula is C14H20ClN3O. The number of hydrogen-bond acceptors (Lipinski definition) is 3. The van der Waals surface area contributed by atoms with E-state index >= 15 is 0 Å². The highest BCUT2D eigenvalue weighted by Gasteiger charge is 2.20. The normalized spacial score (nSPS) is 16.7. The number of carbonyl (C=O) groups is 1. The van der Waals surface area contributed by atoms with E-state index in [2.05, 4.69) is 10.2 Å². The molecule has 2 rings (SSSR count). The Labute approximate surface area is 119 Å². The molecule has 1 heterocycles. The molecule has 0 saturated carbocycles. The molecule has 0 aromatic heterocycles. The highest BCUT2D eigenvalue weighted by Crippen LogP contribution is 2.26. The highest BCUT2D eigenvalue weighted by atomic mass is 35.5. The zero-order chi connectivity index (χ0) is 13.8. The fourth-order valence-electron chi connectivity index (χ4n) is 2.36. The molecule has 4 nitrogen and oxygen atoms in total. The number of benzene rings is 1. The van der Waals surface area contributed by atoms with E-state index in [1.165, 1.54) is 5.56 Å². The van der Waals surface area contributed by atoms with Crippen molar-refractivity contribution >= 4 is 23.2 Å². The lowest BCUT2D eigenvalue weighted by atomic mass is 10.1. The first-order valence-electron chi connectivity index (χ1n) is 6.53. The molecular weight excluding hydrogens is 262 g/mol. The summed E-state index contributed by atoms with van der Waals surface area (Å²) in [5.74, 6) is 0.160. The Bertz CT molecular complexity index is 464. The summed E-state index contributed by atoms with van der Waals surface area (Å²) in [7, 11) is 3.78. The summed E-state index contributed by atoms with van der Waals surface area (Å²) < 4.78 is 0. The molecule has 1 saturated heterocycles. The van der Waals surface area contributed by atoms with Crippen LogP contribution in [0.1, 0.15) is 12.0 Å². The summed E-state index contributed by atoms with van der Waals surface area (Å²) in [6.45, 7) is 2.89. The fraction of sp³-hybridized carbons (Fsp3) is 0.500. The molecule has 0 spiro atoms. The van der Waals surface area contributed by atoms with Crippen LogP contribution in [0.25, 0.3) is 0 Å². The van der Waals surface area contributed by atoms with Crippen molar-refractivity contribution in [2.75, 3.05) is 38.6 Å². The molecule has 1 amide bonds. The maximum atomic E-state index is 12.0. The van der Waals surface area contributed by atoms with Gasteiger partial charge in [-0.3, -0.25) is 4.79 Å². The highest BCUT2D eigenvalue weighted by molar-refractivity contribution is 6.30. The molecule has 1 aliphatic rings. The van der Waals surface area contributed by atoms with Gasteiger partial charge in [0.2, 0.25) is 5.91 Å². The predicted octanol–water partition coefficient (Wildman–Crippen LogP) is 1.73. The van der Waals surface area contributed by atoms with Crippen LogP contribution in [-0.2, 0) is 11.3 Å². The molecule has 1 aromatic carbocycles. The van der Waals surface area contributed by atoms with Crippen LogP contribution in [0, 0.1) is 0 Å². The molecule has 0 bridgehead atoms. The molecule has 104 valence electrons. The third kappa shape index (κ3) is 3.39. The average Bonchev–Trinajstić information content (AvgIpc) is 2.55. The topological polar surface area (TPSA) is 35.6 Å². The van der Waals surface area contributed by atoms with Gasteiger partial charge in [-0.05, 0) is 31.2 Å². The number of rotatable bonds is 3. The first-order chi connectivity index (χ1) is 9.11. The Balaban J connectivity index is 2.28. The summed E-state index contributed by atoms with van der Waals surface area (Å²) in [5, 5.41) is 3.86. The van der Waals surface area contributed by atoms with Gasteiger partial charge in [0.25, 0.3) is 0 Å². The van der Waals surface area contributed by atoms with Crippen molar-refractivity contribution in [3.8, 4) is 0 Å². The number of halogens is 1. The third-order valence-electron chi connectivity index (χ3n) is 3.43. The second-order valence-corrected chi connectivity index (χ2v) is 5.33. The van der Waals surface area contributed by atoms with E-state index in [0.717, 1.165) is 31.7 Å².